The molecule has 2 heterocycles. The molecule has 1 aromatic heterocycles. The first-order chi connectivity index (χ1) is 6.77. The fraction of sp³-hybridized carbons (Fsp3) is 0.700. The first kappa shape index (κ1) is 9.68. The van der Waals surface area contributed by atoms with Gasteiger partial charge in [-0.1, -0.05) is 5.16 Å². The van der Waals surface area contributed by atoms with Crippen LogP contribution in [0.3, 0.4) is 0 Å². The molecule has 0 aliphatic carbocycles. The van der Waals surface area contributed by atoms with E-state index >= 15 is 0 Å². The second-order valence-corrected chi connectivity index (χ2v) is 3.93. The lowest BCUT2D eigenvalue weighted by molar-refractivity contribution is 0.118. The van der Waals surface area contributed by atoms with Crippen molar-refractivity contribution in [3.63, 3.8) is 0 Å². The highest BCUT2D eigenvalue weighted by Gasteiger charge is 2.24. The maximum absolute atomic E-state index is 5.11. The average Bonchev–Trinajstić information content (AvgIpc) is 2.66. The summed E-state index contributed by atoms with van der Waals surface area (Å²) < 4.78 is 5.11. The Kier molecular flexibility index (Phi) is 2.84. The topological polar surface area (TPSA) is 41.3 Å². The zero-order valence-electron chi connectivity index (χ0n) is 8.73. The van der Waals surface area contributed by atoms with Gasteiger partial charge < -0.3 is 9.84 Å². The van der Waals surface area contributed by atoms with Crippen LogP contribution in [0.25, 0.3) is 0 Å². The van der Waals surface area contributed by atoms with Crippen LogP contribution in [0, 0.1) is 0 Å². The van der Waals surface area contributed by atoms with Gasteiger partial charge in [-0.05, 0) is 13.8 Å². The third kappa shape index (κ3) is 1.96. The van der Waals surface area contributed by atoms with Crippen molar-refractivity contribution in [2.75, 3.05) is 13.1 Å². The Morgan fingerprint density at radius 3 is 3.21 bits per heavy atom. The van der Waals surface area contributed by atoms with Gasteiger partial charge in [-0.3, -0.25) is 4.90 Å². The van der Waals surface area contributed by atoms with Crippen molar-refractivity contribution in [3.05, 3.63) is 18.0 Å². The molecule has 0 bridgehead atoms. The summed E-state index contributed by atoms with van der Waals surface area (Å²) in [5, 5.41) is 7.17. The van der Waals surface area contributed by atoms with Crippen LogP contribution in [0.4, 0.5) is 0 Å². The van der Waals surface area contributed by atoms with E-state index in [4.69, 9.17) is 4.52 Å². The van der Waals surface area contributed by atoms with E-state index in [0.29, 0.717) is 12.1 Å². The van der Waals surface area contributed by atoms with Crippen LogP contribution in [-0.2, 0) is 6.54 Å². The maximum atomic E-state index is 5.11. The number of rotatable bonds is 2. The second kappa shape index (κ2) is 4.11. The van der Waals surface area contributed by atoms with Crippen molar-refractivity contribution in [3.8, 4) is 0 Å². The first-order valence-electron chi connectivity index (χ1n) is 5.14. The third-order valence-electron chi connectivity index (χ3n) is 3.02. The molecular formula is C10H17N3O. The molecule has 0 aromatic carbocycles. The molecule has 0 amide bonds. The van der Waals surface area contributed by atoms with Crippen LogP contribution in [0.1, 0.15) is 19.6 Å². The summed E-state index contributed by atoms with van der Waals surface area (Å²) in [6.45, 7) is 7.46. The fourth-order valence-corrected chi connectivity index (χ4v) is 1.87. The van der Waals surface area contributed by atoms with E-state index in [9.17, 15) is 0 Å². The highest BCUT2D eigenvalue weighted by Crippen LogP contribution is 2.12. The van der Waals surface area contributed by atoms with Gasteiger partial charge in [0.15, 0.2) is 5.76 Å². The summed E-state index contributed by atoms with van der Waals surface area (Å²) >= 11 is 0. The minimum atomic E-state index is 0.548. The van der Waals surface area contributed by atoms with Gasteiger partial charge in [0.25, 0.3) is 0 Å². The first-order valence-corrected chi connectivity index (χ1v) is 5.14. The summed E-state index contributed by atoms with van der Waals surface area (Å²) in [5.41, 5.74) is 0. The van der Waals surface area contributed by atoms with E-state index in [1.54, 1.807) is 6.20 Å². The molecule has 1 aliphatic heterocycles. The van der Waals surface area contributed by atoms with Gasteiger partial charge in [-0.25, -0.2) is 0 Å². The van der Waals surface area contributed by atoms with E-state index in [0.717, 1.165) is 25.4 Å². The molecule has 1 N–H and O–H groups in total. The van der Waals surface area contributed by atoms with Gasteiger partial charge in [0.1, 0.15) is 0 Å². The van der Waals surface area contributed by atoms with Crippen LogP contribution in [0.2, 0.25) is 0 Å². The molecule has 78 valence electrons. The number of hydrogen-bond donors (Lipinski definition) is 1. The van der Waals surface area contributed by atoms with Gasteiger partial charge in [0, 0.05) is 31.2 Å². The normalized spacial score (nSPS) is 29.3. The van der Waals surface area contributed by atoms with Crippen LogP contribution >= 0.6 is 0 Å². The highest BCUT2D eigenvalue weighted by atomic mass is 16.5. The molecule has 1 fully saturated rings. The second-order valence-electron chi connectivity index (χ2n) is 3.93. The van der Waals surface area contributed by atoms with Crippen LogP contribution in [0.5, 0.6) is 0 Å². The predicted molar refractivity (Wildman–Crippen MR) is 53.8 cm³/mol. The molecule has 0 spiro atoms. The summed E-state index contributed by atoms with van der Waals surface area (Å²) in [6.07, 6.45) is 1.70. The van der Waals surface area contributed by atoms with Crippen molar-refractivity contribution in [2.24, 2.45) is 0 Å². The monoisotopic (exact) mass is 195 g/mol. The number of nitrogens with zero attached hydrogens (tertiary/aromatic N) is 2. The number of piperazine rings is 1. The molecule has 0 saturated carbocycles. The Labute approximate surface area is 84.3 Å². The minimum Gasteiger partial charge on any atom is -0.360 e. The largest absolute Gasteiger partial charge is 0.360 e. The minimum absolute atomic E-state index is 0.548. The highest BCUT2D eigenvalue weighted by molar-refractivity contribution is 4.95. The van der Waals surface area contributed by atoms with E-state index in [2.05, 4.69) is 29.2 Å². The zero-order valence-corrected chi connectivity index (χ0v) is 8.73. The third-order valence-corrected chi connectivity index (χ3v) is 3.02. The lowest BCUT2D eigenvalue weighted by atomic mass is 10.1. The quantitative estimate of drug-likeness (QED) is 0.760. The molecule has 1 aromatic rings. The van der Waals surface area contributed by atoms with E-state index < -0.39 is 0 Å². The number of aromatic nitrogens is 1. The summed E-state index contributed by atoms with van der Waals surface area (Å²) in [4.78, 5) is 2.42. The fourth-order valence-electron chi connectivity index (χ4n) is 1.87. The Balaban J connectivity index is 1.97. The lowest BCUT2D eigenvalue weighted by Crippen LogP contribution is -2.54. The van der Waals surface area contributed by atoms with E-state index in [1.807, 2.05) is 6.07 Å². The van der Waals surface area contributed by atoms with E-state index in [1.165, 1.54) is 0 Å². The van der Waals surface area contributed by atoms with Crippen molar-refractivity contribution >= 4 is 0 Å². The van der Waals surface area contributed by atoms with Crippen molar-refractivity contribution in [1.82, 2.24) is 15.4 Å². The molecule has 1 saturated heterocycles. The maximum Gasteiger partial charge on any atom is 0.150 e. The van der Waals surface area contributed by atoms with Crippen molar-refractivity contribution in [1.29, 1.82) is 0 Å². The molecule has 0 radical (unpaired) electrons. The summed E-state index contributed by atoms with van der Waals surface area (Å²) in [7, 11) is 0. The Bertz CT molecular complexity index is 273. The van der Waals surface area contributed by atoms with Gasteiger partial charge in [0.05, 0.1) is 12.7 Å². The zero-order chi connectivity index (χ0) is 9.97. The lowest BCUT2D eigenvalue weighted by Gasteiger charge is -2.37. The smallest absolute Gasteiger partial charge is 0.150 e. The van der Waals surface area contributed by atoms with Crippen LogP contribution in [0.15, 0.2) is 16.8 Å². The van der Waals surface area contributed by atoms with Crippen LogP contribution < -0.4 is 5.32 Å². The van der Waals surface area contributed by atoms with Gasteiger partial charge >= 0.3 is 0 Å². The molecule has 2 unspecified atom stereocenters. The predicted octanol–water partition coefficient (Wildman–Crippen LogP) is 0.857. The SMILES string of the molecule is CC1NCCN(Cc2ccno2)C1C. The number of nitrogens with one attached hydrogen (secondary N) is 1. The molecule has 2 rings (SSSR count). The van der Waals surface area contributed by atoms with Crippen molar-refractivity contribution in [2.45, 2.75) is 32.5 Å². The Morgan fingerprint density at radius 2 is 2.50 bits per heavy atom. The average molecular weight is 195 g/mol. The molecule has 14 heavy (non-hydrogen) atoms. The van der Waals surface area contributed by atoms with Crippen molar-refractivity contribution < 1.29 is 4.52 Å². The standard InChI is InChI=1S/C10H17N3O/c1-8-9(2)13(6-5-11-8)7-10-3-4-12-14-10/h3-4,8-9,11H,5-7H2,1-2H3. The summed E-state index contributed by atoms with van der Waals surface area (Å²) in [5.74, 6) is 0.950. The Hall–Kier alpha value is -0.870. The van der Waals surface area contributed by atoms with Crippen LogP contribution in [-0.4, -0.2) is 35.2 Å². The molecule has 4 heteroatoms. The molecule has 1 aliphatic rings. The molecular weight excluding hydrogens is 178 g/mol. The van der Waals surface area contributed by atoms with E-state index in [-0.39, 0.29) is 0 Å². The van der Waals surface area contributed by atoms with Gasteiger partial charge in [-0.15, -0.1) is 0 Å². The van der Waals surface area contributed by atoms with Gasteiger partial charge in [-0.2, -0.15) is 0 Å². The Morgan fingerprint density at radius 1 is 1.64 bits per heavy atom. The van der Waals surface area contributed by atoms with Gasteiger partial charge in [0.2, 0.25) is 0 Å². The molecule has 2 atom stereocenters. The number of hydrogen-bond acceptors (Lipinski definition) is 4. The molecule has 4 nitrogen and oxygen atoms in total. The summed E-state index contributed by atoms with van der Waals surface area (Å²) in [6, 6.07) is 3.03.